The molecule has 5 nitrogen and oxygen atoms in total. The maximum absolute atomic E-state index is 12.9. The number of carbonyl (C=O) groups is 2. The van der Waals surface area contributed by atoms with Crippen LogP contribution >= 0.6 is 27.3 Å². The Morgan fingerprint density at radius 2 is 2.00 bits per heavy atom. The van der Waals surface area contributed by atoms with Crippen LogP contribution in [0.5, 0.6) is 0 Å². The number of hydrogen-bond donors (Lipinski definition) is 0. The molecule has 0 bridgehead atoms. The lowest BCUT2D eigenvalue weighted by molar-refractivity contribution is -0.135. The van der Waals surface area contributed by atoms with Crippen molar-refractivity contribution in [2.75, 3.05) is 18.5 Å². The van der Waals surface area contributed by atoms with Gasteiger partial charge in [0.2, 0.25) is 11.8 Å². The average molecular weight is 444 g/mol. The zero-order chi connectivity index (χ0) is 19.0. The molecule has 0 spiro atoms. The SMILES string of the molecule is CN(Cc1nc2ccccc2s1)C(=O)[C@H]1CC(=O)N(c2ccccc2Br)C1. The Morgan fingerprint density at radius 1 is 1.26 bits per heavy atom. The van der Waals surface area contributed by atoms with E-state index >= 15 is 0 Å². The summed E-state index contributed by atoms with van der Waals surface area (Å²) in [4.78, 5) is 33.3. The van der Waals surface area contributed by atoms with Crippen LogP contribution in [0.1, 0.15) is 11.4 Å². The van der Waals surface area contributed by atoms with Gasteiger partial charge in [0, 0.05) is 24.5 Å². The first-order chi connectivity index (χ1) is 13.0. The molecule has 0 unspecified atom stereocenters. The number of thiazole rings is 1. The minimum Gasteiger partial charge on any atom is -0.339 e. The Labute approximate surface area is 169 Å². The van der Waals surface area contributed by atoms with Gasteiger partial charge in [-0.05, 0) is 40.2 Å². The highest BCUT2D eigenvalue weighted by Gasteiger charge is 2.37. The number of aromatic nitrogens is 1. The van der Waals surface area contributed by atoms with E-state index in [9.17, 15) is 9.59 Å². The van der Waals surface area contributed by atoms with Gasteiger partial charge in [0.25, 0.3) is 0 Å². The molecule has 2 heterocycles. The largest absolute Gasteiger partial charge is 0.339 e. The Morgan fingerprint density at radius 3 is 2.78 bits per heavy atom. The quantitative estimate of drug-likeness (QED) is 0.610. The van der Waals surface area contributed by atoms with E-state index in [4.69, 9.17) is 0 Å². The van der Waals surface area contributed by atoms with Gasteiger partial charge in [0.15, 0.2) is 0 Å². The lowest BCUT2D eigenvalue weighted by Gasteiger charge is -2.21. The highest BCUT2D eigenvalue weighted by Crippen LogP contribution is 2.32. The van der Waals surface area contributed by atoms with E-state index in [-0.39, 0.29) is 24.2 Å². The summed E-state index contributed by atoms with van der Waals surface area (Å²) in [7, 11) is 1.78. The molecule has 1 aromatic heterocycles. The normalized spacial score (nSPS) is 16.9. The molecule has 0 aliphatic carbocycles. The molecule has 1 saturated heterocycles. The highest BCUT2D eigenvalue weighted by atomic mass is 79.9. The van der Waals surface area contributed by atoms with Crippen LogP contribution in [0, 0.1) is 5.92 Å². The average Bonchev–Trinajstić information content (AvgIpc) is 3.24. The van der Waals surface area contributed by atoms with E-state index in [2.05, 4.69) is 20.9 Å². The van der Waals surface area contributed by atoms with E-state index in [0.717, 1.165) is 25.4 Å². The molecule has 1 fully saturated rings. The first-order valence-electron chi connectivity index (χ1n) is 8.67. The molecular formula is C20H18BrN3O2S. The standard InChI is InChI=1S/C20H18BrN3O2S/c1-23(12-18-22-15-7-3-5-9-17(15)27-18)20(26)13-10-19(25)24(11-13)16-8-4-2-6-14(16)21/h2-9,13H,10-12H2,1H3/t13-/m0/s1. The van der Waals surface area contributed by atoms with Crippen molar-refractivity contribution >= 4 is 55.0 Å². The predicted octanol–water partition coefficient (Wildman–Crippen LogP) is 4.07. The van der Waals surface area contributed by atoms with Crippen molar-refractivity contribution in [1.82, 2.24) is 9.88 Å². The summed E-state index contributed by atoms with van der Waals surface area (Å²) in [5.41, 5.74) is 1.76. The summed E-state index contributed by atoms with van der Waals surface area (Å²) >= 11 is 5.08. The fourth-order valence-corrected chi connectivity index (χ4v) is 4.88. The fourth-order valence-electron chi connectivity index (χ4n) is 3.36. The number of benzene rings is 2. The molecule has 27 heavy (non-hydrogen) atoms. The number of hydrogen-bond acceptors (Lipinski definition) is 4. The summed E-state index contributed by atoms with van der Waals surface area (Å²) in [5, 5.41) is 0.902. The van der Waals surface area contributed by atoms with Gasteiger partial charge >= 0.3 is 0 Å². The van der Waals surface area contributed by atoms with Crippen LogP contribution in [0.3, 0.4) is 0 Å². The number of halogens is 1. The van der Waals surface area contributed by atoms with Crippen LogP contribution in [-0.4, -0.2) is 35.3 Å². The summed E-state index contributed by atoms with van der Waals surface area (Å²) in [5.74, 6) is -0.366. The van der Waals surface area contributed by atoms with Crippen molar-refractivity contribution < 1.29 is 9.59 Å². The van der Waals surface area contributed by atoms with Crippen LogP contribution in [0.4, 0.5) is 5.69 Å². The molecule has 0 saturated carbocycles. The number of rotatable bonds is 4. The van der Waals surface area contributed by atoms with Gasteiger partial charge in [-0.3, -0.25) is 9.59 Å². The lowest BCUT2D eigenvalue weighted by atomic mass is 10.1. The molecule has 0 radical (unpaired) electrons. The molecule has 1 aliphatic rings. The van der Waals surface area contributed by atoms with Gasteiger partial charge in [-0.15, -0.1) is 11.3 Å². The first-order valence-corrected chi connectivity index (χ1v) is 10.3. The van der Waals surface area contributed by atoms with Crippen molar-refractivity contribution in [3.05, 3.63) is 58.0 Å². The molecule has 2 amide bonds. The zero-order valence-corrected chi connectivity index (χ0v) is 17.2. The number of fused-ring (bicyclic) bond motifs is 1. The topological polar surface area (TPSA) is 53.5 Å². The summed E-state index contributed by atoms with van der Waals surface area (Å²) in [6.45, 7) is 0.863. The number of carbonyl (C=O) groups excluding carboxylic acids is 2. The maximum Gasteiger partial charge on any atom is 0.228 e. The van der Waals surface area contributed by atoms with Crippen LogP contribution in [0.25, 0.3) is 10.2 Å². The minimum atomic E-state index is -0.330. The minimum absolute atomic E-state index is 0.0165. The van der Waals surface area contributed by atoms with Crippen molar-refractivity contribution in [1.29, 1.82) is 0 Å². The fraction of sp³-hybridized carbons (Fsp3) is 0.250. The second-order valence-electron chi connectivity index (χ2n) is 6.63. The van der Waals surface area contributed by atoms with Crippen LogP contribution in [-0.2, 0) is 16.1 Å². The van der Waals surface area contributed by atoms with E-state index in [1.165, 1.54) is 0 Å². The zero-order valence-electron chi connectivity index (χ0n) is 14.8. The Kier molecular flexibility index (Phi) is 4.97. The van der Waals surface area contributed by atoms with Gasteiger partial charge in [-0.2, -0.15) is 0 Å². The summed E-state index contributed by atoms with van der Waals surface area (Å²) < 4.78 is 1.97. The van der Waals surface area contributed by atoms with Crippen molar-refractivity contribution in [3.63, 3.8) is 0 Å². The van der Waals surface area contributed by atoms with Crippen LogP contribution in [0.15, 0.2) is 53.0 Å². The molecule has 3 aromatic rings. The third-order valence-electron chi connectivity index (χ3n) is 4.70. The monoisotopic (exact) mass is 443 g/mol. The van der Waals surface area contributed by atoms with E-state index in [1.54, 1.807) is 28.2 Å². The van der Waals surface area contributed by atoms with Gasteiger partial charge in [0.05, 0.1) is 28.4 Å². The number of para-hydroxylation sites is 2. The molecule has 138 valence electrons. The Hall–Kier alpha value is -2.25. The molecule has 7 heteroatoms. The van der Waals surface area contributed by atoms with Crippen LogP contribution in [0.2, 0.25) is 0 Å². The highest BCUT2D eigenvalue weighted by molar-refractivity contribution is 9.10. The third-order valence-corrected chi connectivity index (χ3v) is 6.40. The second-order valence-corrected chi connectivity index (χ2v) is 8.60. The molecule has 2 aromatic carbocycles. The van der Waals surface area contributed by atoms with Gasteiger partial charge < -0.3 is 9.80 Å². The smallest absolute Gasteiger partial charge is 0.228 e. The second kappa shape index (κ2) is 7.40. The van der Waals surface area contributed by atoms with Gasteiger partial charge in [-0.1, -0.05) is 24.3 Å². The molecule has 0 N–H and O–H groups in total. The molecule has 4 rings (SSSR count). The van der Waals surface area contributed by atoms with E-state index in [0.29, 0.717) is 13.1 Å². The Balaban J connectivity index is 1.46. The Bertz CT molecular complexity index is 986. The first kappa shape index (κ1) is 18.1. The van der Waals surface area contributed by atoms with Crippen molar-refractivity contribution in [3.8, 4) is 0 Å². The molecule has 1 aliphatic heterocycles. The lowest BCUT2D eigenvalue weighted by Crippen LogP contribution is -2.34. The van der Waals surface area contributed by atoms with Crippen molar-refractivity contribution in [2.45, 2.75) is 13.0 Å². The molecule has 1 atom stereocenters. The maximum atomic E-state index is 12.9. The van der Waals surface area contributed by atoms with Gasteiger partial charge in [-0.25, -0.2) is 4.98 Å². The number of amides is 2. The van der Waals surface area contributed by atoms with E-state index in [1.807, 2.05) is 48.5 Å². The van der Waals surface area contributed by atoms with Crippen molar-refractivity contribution in [2.24, 2.45) is 5.92 Å². The number of anilines is 1. The predicted molar refractivity (Wildman–Crippen MR) is 111 cm³/mol. The summed E-state index contributed by atoms with van der Waals surface area (Å²) in [6, 6.07) is 15.5. The van der Waals surface area contributed by atoms with E-state index < -0.39 is 0 Å². The third kappa shape index (κ3) is 3.61. The molecular weight excluding hydrogens is 426 g/mol. The number of nitrogens with zero attached hydrogens (tertiary/aromatic N) is 3. The van der Waals surface area contributed by atoms with Crippen LogP contribution < -0.4 is 4.90 Å². The van der Waals surface area contributed by atoms with Gasteiger partial charge in [0.1, 0.15) is 5.01 Å². The summed E-state index contributed by atoms with van der Waals surface area (Å²) in [6.07, 6.45) is 0.240.